The Hall–Kier alpha value is -0.920. The molecule has 2 aliphatic rings. The van der Waals surface area contributed by atoms with Gasteiger partial charge in [0, 0.05) is 5.92 Å². The number of hydrogen-bond donors (Lipinski definition) is 0. The maximum absolute atomic E-state index is 7.52. The molecule has 134 valence electrons. The fourth-order valence-corrected chi connectivity index (χ4v) is 10.1. The first-order valence-electron chi connectivity index (χ1n) is 9.69. The summed E-state index contributed by atoms with van der Waals surface area (Å²) < 4.78 is 0. The van der Waals surface area contributed by atoms with Crippen LogP contribution in [-0.4, -0.2) is 22.5 Å². The lowest BCUT2D eigenvalue weighted by Gasteiger charge is -2.71. The normalized spacial score (nSPS) is 32.4. The molecule has 4 atom stereocenters. The summed E-state index contributed by atoms with van der Waals surface area (Å²) >= 11 is 7.52. The van der Waals surface area contributed by atoms with E-state index in [0.717, 1.165) is 18.1 Å². The van der Waals surface area contributed by atoms with E-state index in [-0.39, 0.29) is 14.9 Å². The zero-order valence-corrected chi connectivity index (χ0v) is 17.0. The van der Waals surface area contributed by atoms with Crippen molar-refractivity contribution < 1.29 is 0 Å². The van der Waals surface area contributed by atoms with Crippen LogP contribution >= 0.6 is 21.6 Å². The number of halogens is 1. The van der Waals surface area contributed by atoms with Gasteiger partial charge < -0.3 is 0 Å². The molecule has 2 heteroatoms. The number of fused-ring (bicyclic) bond motifs is 1. The first-order valence-corrected chi connectivity index (χ1v) is 12.3. The first kappa shape index (κ1) is 17.5. The molecule has 4 unspecified atom stereocenters. The van der Waals surface area contributed by atoms with Gasteiger partial charge in [0.15, 0.2) is 0 Å². The fourth-order valence-electron chi connectivity index (χ4n) is 4.95. The predicted octanol–water partition coefficient (Wildman–Crippen LogP) is 6.15. The van der Waals surface area contributed by atoms with Crippen LogP contribution in [0.3, 0.4) is 0 Å². The van der Waals surface area contributed by atoms with E-state index >= 15 is 0 Å². The monoisotopic (exact) mass is 372 g/mol. The van der Waals surface area contributed by atoms with E-state index in [1.165, 1.54) is 40.4 Å². The van der Waals surface area contributed by atoms with Crippen molar-refractivity contribution >= 4 is 21.6 Å². The lowest BCUT2D eigenvalue weighted by atomic mass is 9.78. The van der Waals surface area contributed by atoms with Gasteiger partial charge in [-0.1, -0.05) is 68.4 Å². The molecule has 0 spiro atoms. The average Bonchev–Trinajstić information content (AvgIpc) is 2.64. The third-order valence-corrected chi connectivity index (χ3v) is 12.4. The van der Waals surface area contributed by atoms with Gasteiger partial charge in [-0.2, -0.15) is 0 Å². The van der Waals surface area contributed by atoms with Crippen molar-refractivity contribution in [3.8, 4) is 0 Å². The number of rotatable bonds is 6. The van der Waals surface area contributed by atoms with Crippen LogP contribution < -0.4 is 0 Å². The number of aryl methyl sites for hydroxylation is 1. The molecule has 4 rings (SSSR count). The molecule has 0 bridgehead atoms. The largest absolute Gasteiger partial charge is 0.238 e. The van der Waals surface area contributed by atoms with Crippen LogP contribution in [0.15, 0.2) is 54.6 Å². The summed E-state index contributed by atoms with van der Waals surface area (Å²) in [5.74, 6) is 4.93. The second-order valence-electron chi connectivity index (χ2n) is 7.78. The third-order valence-electron chi connectivity index (χ3n) is 6.72. The van der Waals surface area contributed by atoms with Crippen molar-refractivity contribution in [2.75, 3.05) is 17.3 Å². The molecule has 25 heavy (non-hydrogen) atoms. The van der Waals surface area contributed by atoms with Crippen molar-refractivity contribution in [1.82, 2.24) is 0 Å². The highest BCUT2D eigenvalue weighted by molar-refractivity contribution is 8.36. The Bertz CT molecular complexity index is 722. The van der Waals surface area contributed by atoms with Crippen LogP contribution in [0, 0.1) is 5.92 Å². The van der Waals surface area contributed by atoms with Gasteiger partial charge in [0.25, 0.3) is 0 Å². The van der Waals surface area contributed by atoms with Gasteiger partial charge in [-0.05, 0) is 58.5 Å². The highest BCUT2D eigenvalue weighted by Crippen LogP contribution is 2.76. The molecule has 2 heterocycles. The quantitative estimate of drug-likeness (QED) is 0.533. The Morgan fingerprint density at radius 3 is 2.24 bits per heavy atom. The molecule has 2 saturated heterocycles. The summed E-state index contributed by atoms with van der Waals surface area (Å²) in [5, 5.41) is 0.907. The van der Waals surface area contributed by atoms with Crippen LogP contribution in [0.2, 0.25) is 0 Å². The summed E-state index contributed by atoms with van der Waals surface area (Å²) in [6.07, 6.45) is 3.44. The second-order valence-corrected chi connectivity index (χ2v) is 12.6. The van der Waals surface area contributed by atoms with Crippen molar-refractivity contribution in [2.45, 2.75) is 43.2 Å². The lowest BCUT2D eigenvalue weighted by molar-refractivity contribution is 0.340. The molecule has 0 aromatic heterocycles. The minimum absolute atomic E-state index is 0.246. The Morgan fingerprint density at radius 1 is 1.00 bits per heavy atom. The Morgan fingerprint density at radius 2 is 1.72 bits per heavy atom. The maximum Gasteiger partial charge on any atom is 0.0780 e. The van der Waals surface area contributed by atoms with Gasteiger partial charge >= 0.3 is 0 Å². The summed E-state index contributed by atoms with van der Waals surface area (Å²) in [6.45, 7) is 4.62. The van der Waals surface area contributed by atoms with E-state index in [0.29, 0.717) is 5.92 Å². The van der Waals surface area contributed by atoms with Gasteiger partial charge in [0.05, 0.1) is 4.87 Å². The highest BCUT2D eigenvalue weighted by atomic mass is 35.5. The van der Waals surface area contributed by atoms with E-state index in [2.05, 4.69) is 68.4 Å². The van der Waals surface area contributed by atoms with Gasteiger partial charge in [0.1, 0.15) is 0 Å². The molecule has 0 radical (unpaired) electrons. The Kier molecular flexibility index (Phi) is 4.67. The maximum atomic E-state index is 7.52. The second kappa shape index (κ2) is 6.67. The van der Waals surface area contributed by atoms with Crippen LogP contribution in [0.4, 0.5) is 0 Å². The number of hydrogen-bond acceptors (Lipinski definition) is 0. The minimum atomic E-state index is -0.305. The standard InChI is InChI=1S/C23H29ClS/c1-3-18-10-12-20(13-11-18)23(24,16-19-8-6-5-7-9-19)21-17-25(4-2)15-14-22(21)25/h5-13,21-22H,3-4,14-17H2,1-2H3. The van der Waals surface area contributed by atoms with Gasteiger partial charge in [-0.25, -0.2) is 10.0 Å². The summed E-state index contributed by atoms with van der Waals surface area (Å²) in [7, 11) is -0.305. The van der Waals surface area contributed by atoms with E-state index in [1.54, 1.807) is 0 Å². The lowest BCUT2D eigenvalue weighted by Crippen LogP contribution is -2.60. The summed E-state index contributed by atoms with van der Waals surface area (Å²) in [5.41, 5.74) is 4.09. The Labute approximate surface area is 159 Å². The highest BCUT2D eigenvalue weighted by Gasteiger charge is 2.61. The van der Waals surface area contributed by atoms with Gasteiger partial charge in [-0.3, -0.25) is 0 Å². The fraction of sp³-hybridized carbons (Fsp3) is 0.478. The van der Waals surface area contributed by atoms with Crippen LogP contribution in [0.25, 0.3) is 0 Å². The SMILES string of the molecule is CCc1ccc(C(Cl)(Cc2ccccc2)C2CS3(CC)CCC23)cc1. The minimum Gasteiger partial charge on any atom is -0.238 e. The molecule has 2 fully saturated rings. The van der Waals surface area contributed by atoms with E-state index < -0.39 is 0 Å². The number of benzene rings is 2. The van der Waals surface area contributed by atoms with Crippen molar-refractivity contribution in [3.63, 3.8) is 0 Å². The molecule has 2 aromatic rings. The van der Waals surface area contributed by atoms with Crippen LogP contribution in [-0.2, 0) is 17.7 Å². The topological polar surface area (TPSA) is 0 Å². The van der Waals surface area contributed by atoms with Crippen molar-refractivity contribution in [1.29, 1.82) is 0 Å². The zero-order valence-electron chi connectivity index (χ0n) is 15.4. The van der Waals surface area contributed by atoms with Crippen LogP contribution in [0.1, 0.15) is 37.0 Å². The molecular weight excluding hydrogens is 344 g/mol. The zero-order chi connectivity index (χ0) is 17.5. The van der Waals surface area contributed by atoms with Gasteiger partial charge in [0.2, 0.25) is 0 Å². The molecule has 0 N–H and O–H groups in total. The van der Waals surface area contributed by atoms with E-state index in [1.807, 2.05) is 0 Å². The van der Waals surface area contributed by atoms with E-state index in [4.69, 9.17) is 11.6 Å². The molecule has 0 saturated carbocycles. The summed E-state index contributed by atoms with van der Waals surface area (Å²) in [6, 6.07) is 20.0. The number of alkyl halides is 1. The smallest absolute Gasteiger partial charge is 0.0780 e. The van der Waals surface area contributed by atoms with E-state index in [9.17, 15) is 0 Å². The average molecular weight is 373 g/mol. The van der Waals surface area contributed by atoms with Crippen molar-refractivity contribution in [2.24, 2.45) is 5.92 Å². The molecule has 2 aliphatic heterocycles. The molecule has 0 nitrogen and oxygen atoms in total. The molecular formula is C23H29ClS. The summed E-state index contributed by atoms with van der Waals surface area (Å²) in [4.78, 5) is -0.246. The first-order chi connectivity index (χ1) is 12.1. The van der Waals surface area contributed by atoms with Crippen LogP contribution in [0.5, 0.6) is 0 Å². The van der Waals surface area contributed by atoms with Crippen molar-refractivity contribution in [3.05, 3.63) is 71.3 Å². The molecule has 2 aromatic carbocycles. The Balaban J connectivity index is 1.67. The predicted molar refractivity (Wildman–Crippen MR) is 113 cm³/mol. The molecule has 0 amide bonds. The third kappa shape index (κ3) is 2.84. The van der Waals surface area contributed by atoms with Gasteiger partial charge in [-0.15, -0.1) is 11.6 Å². The molecule has 0 aliphatic carbocycles.